The molecule has 0 atom stereocenters. The minimum Gasteiger partial charge on any atom is -0.467 e. The highest BCUT2D eigenvalue weighted by Crippen LogP contribution is 2.26. The maximum Gasteiger partial charge on any atom is 0.318 e. The Bertz CT molecular complexity index is 1400. The molecule has 0 fully saturated rings. The summed E-state index contributed by atoms with van der Waals surface area (Å²) in [5, 5.41) is 6.89. The second kappa shape index (κ2) is 9.54. The van der Waals surface area contributed by atoms with Crippen molar-refractivity contribution >= 4 is 39.9 Å². The molecule has 0 spiro atoms. The number of aromatic nitrogens is 3. The Labute approximate surface area is 194 Å². The van der Waals surface area contributed by atoms with Gasteiger partial charge >= 0.3 is 6.01 Å². The number of amides is 1. The SMILES string of the molecule is C=C(Nc1cc(C(=O)NCc2ccccc2)ccc1Cl)c1cc2cnc(OC)nc2[nH]c1=O. The second-order valence-electron chi connectivity index (χ2n) is 7.14. The lowest BCUT2D eigenvalue weighted by Gasteiger charge is -2.13. The van der Waals surface area contributed by atoms with Crippen LogP contribution in [0.1, 0.15) is 21.5 Å². The van der Waals surface area contributed by atoms with E-state index in [1.165, 1.54) is 7.11 Å². The van der Waals surface area contributed by atoms with Crippen LogP contribution in [0, 0.1) is 0 Å². The molecule has 0 saturated heterocycles. The van der Waals surface area contributed by atoms with E-state index in [9.17, 15) is 9.59 Å². The number of anilines is 1. The van der Waals surface area contributed by atoms with Gasteiger partial charge in [0.15, 0.2) is 0 Å². The van der Waals surface area contributed by atoms with Gasteiger partial charge in [0.05, 0.1) is 23.4 Å². The third kappa shape index (κ3) is 5.02. The number of nitrogens with one attached hydrogen (secondary N) is 3. The number of ether oxygens (including phenoxy) is 1. The maximum atomic E-state index is 12.6. The van der Waals surface area contributed by atoms with E-state index in [0.29, 0.717) is 39.5 Å². The molecule has 9 heteroatoms. The molecule has 2 aromatic heterocycles. The number of carbonyl (C=O) groups is 1. The Morgan fingerprint density at radius 3 is 2.73 bits per heavy atom. The van der Waals surface area contributed by atoms with Crippen molar-refractivity contribution < 1.29 is 9.53 Å². The molecule has 33 heavy (non-hydrogen) atoms. The number of methoxy groups -OCH3 is 1. The number of fused-ring (bicyclic) bond motifs is 1. The van der Waals surface area contributed by atoms with Gasteiger partial charge in [-0.1, -0.05) is 48.5 Å². The molecule has 0 aliphatic rings. The van der Waals surface area contributed by atoms with Crippen LogP contribution in [0.3, 0.4) is 0 Å². The number of halogens is 1. The van der Waals surface area contributed by atoms with Crippen LogP contribution in [0.4, 0.5) is 5.69 Å². The highest BCUT2D eigenvalue weighted by atomic mass is 35.5. The molecule has 0 aliphatic carbocycles. The summed E-state index contributed by atoms with van der Waals surface area (Å²) in [6.45, 7) is 4.36. The van der Waals surface area contributed by atoms with E-state index >= 15 is 0 Å². The number of pyridine rings is 1. The highest BCUT2D eigenvalue weighted by Gasteiger charge is 2.13. The quantitative estimate of drug-likeness (QED) is 0.384. The first-order chi connectivity index (χ1) is 15.9. The van der Waals surface area contributed by atoms with Gasteiger partial charge in [0, 0.05) is 29.4 Å². The topological polar surface area (TPSA) is 109 Å². The predicted octanol–water partition coefficient (Wildman–Crippen LogP) is 3.99. The minimum atomic E-state index is -0.395. The fraction of sp³-hybridized carbons (Fsp3) is 0.0833. The lowest BCUT2D eigenvalue weighted by molar-refractivity contribution is 0.0951. The summed E-state index contributed by atoms with van der Waals surface area (Å²) in [6.07, 6.45) is 1.54. The third-order valence-corrected chi connectivity index (χ3v) is 5.22. The molecule has 4 aromatic rings. The molecule has 0 unspecified atom stereocenters. The molecule has 2 aromatic carbocycles. The zero-order valence-corrected chi connectivity index (χ0v) is 18.4. The van der Waals surface area contributed by atoms with E-state index in [0.717, 1.165) is 5.56 Å². The molecule has 1 amide bonds. The van der Waals surface area contributed by atoms with Gasteiger partial charge in [-0.2, -0.15) is 4.98 Å². The van der Waals surface area contributed by atoms with Gasteiger partial charge < -0.3 is 20.4 Å². The number of benzene rings is 2. The van der Waals surface area contributed by atoms with Gasteiger partial charge in [0.25, 0.3) is 11.5 Å². The molecule has 2 heterocycles. The van der Waals surface area contributed by atoms with Gasteiger partial charge in [-0.3, -0.25) is 9.59 Å². The average Bonchev–Trinajstić information content (AvgIpc) is 2.83. The molecular formula is C24H20ClN5O3. The van der Waals surface area contributed by atoms with E-state index < -0.39 is 5.56 Å². The molecule has 166 valence electrons. The summed E-state index contributed by atoms with van der Waals surface area (Å²) in [5.41, 5.74) is 2.39. The first-order valence-electron chi connectivity index (χ1n) is 9.96. The van der Waals surface area contributed by atoms with Crippen molar-refractivity contribution in [1.82, 2.24) is 20.3 Å². The molecule has 4 rings (SSSR count). The van der Waals surface area contributed by atoms with Crippen LogP contribution in [0.5, 0.6) is 6.01 Å². The predicted molar refractivity (Wildman–Crippen MR) is 128 cm³/mol. The summed E-state index contributed by atoms with van der Waals surface area (Å²) in [6, 6.07) is 16.2. The van der Waals surface area contributed by atoms with Crippen molar-refractivity contribution in [1.29, 1.82) is 0 Å². The fourth-order valence-electron chi connectivity index (χ4n) is 3.17. The van der Waals surface area contributed by atoms with E-state index in [4.69, 9.17) is 16.3 Å². The maximum absolute atomic E-state index is 12.6. The molecule has 3 N–H and O–H groups in total. The van der Waals surface area contributed by atoms with E-state index in [2.05, 4.69) is 32.2 Å². The van der Waals surface area contributed by atoms with Crippen molar-refractivity contribution in [2.75, 3.05) is 12.4 Å². The van der Waals surface area contributed by atoms with Gasteiger partial charge in [0.2, 0.25) is 0 Å². The van der Waals surface area contributed by atoms with Crippen LogP contribution >= 0.6 is 11.6 Å². The largest absolute Gasteiger partial charge is 0.467 e. The summed E-state index contributed by atoms with van der Waals surface area (Å²) in [7, 11) is 1.44. The monoisotopic (exact) mass is 461 g/mol. The zero-order valence-electron chi connectivity index (χ0n) is 17.7. The summed E-state index contributed by atoms with van der Waals surface area (Å²) in [5.74, 6) is -0.251. The van der Waals surface area contributed by atoms with Gasteiger partial charge in [-0.25, -0.2) is 4.98 Å². The number of nitrogens with zero attached hydrogens (tertiary/aromatic N) is 2. The van der Waals surface area contributed by atoms with Gasteiger partial charge in [-0.05, 0) is 29.8 Å². The Morgan fingerprint density at radius 2 is 1.97 bits per heavy atom. The summed E-state index contributed by atoms with van der Waals surface area (Å²) in [4.78, 5) is 36.1. The van der Waals surface area contributed by atoms with Crippen LogP contribution in [-0.2, 0) is 6.54 Å². The average molecular weight is 462 g/mol. The van der Waals surface area contributed by atoms with Crippen molar-refractivity contribution in [2.45, 2.75) is 6.54 Å². The van der Waals surface area contributed by atoms with Gasteiger partial charge in [0.1, 0.15) is 5.65 Å². The summed E-state index contributed by atoms with van der Waals surface area (Å²) < 4.78 is 4.98. The van der Waals surface area contributed by atoms with Crippen molar-refractivity contribution in [3.63, 3.8) is 0 Å². The second-order valence-corrected chi connectivity index (χ2v) is 7.55. The molecule has 8 nitrogen and oxygen atoms in total. The number of aromatic amines is 1. The Hall–Kier alpha value is -4.17. The first-order valence-corrected chi connectivity index (χ1v) is 10.3. The minimum absolute atomic E-state index is 0.150. The van der Waals surface area contributed by atoms with E-state index in [1.54, 1.807) is 30.5 Å². The van der Waals surface area contributed by atoms with Crippen molar-refractivity contribution in [3.8, 4) is 6.01 Å². The number of hydrogen-bond donors (Lipinski definition) is 3. The molecular weight excluding hydrogens is 442 g/mol. The zero-order chi connectivity index (χ0) is 23.4. The lowest BCUT2D eigenvalue weighted by Crippen LogP contribution is -2.22. The fourth-order valence-corrected chi connectivity index (χ4v) is 3.34. The van der Waals surface area contributed by atoms with Crippen molar-refractivity contribution in [2.24, 2.45) is 0 Å². The number of H-pyrrole nitrogens is 1. The number of hydrogen-bond acceptors (Lipinski definition) is 6. The highest BCUT2D eigenvalue weighted by molar-refractivity contribution is 6.33. The van der Waals surface area contributed by atoms with Crippen LogP contribution < -0.4 is 20.9 Å². The smallest absolute Gasteiger partial charge is 0.318 e. The molecule has 0 radical (unpaired) electrons. The van der Waals surface area contributed by atoms with Crippen LogP contribution in [0.25, 0.3) is 16.7 Å². The Balaban J connectivity index is 1.53. The third-order valence-electron chi connectivity index (χ3n) is 4.89. The molecule has 0 aliphatic heterocycles. The Morgan fingerprint density at radius 1 is 1.18 bits per heavy atom. The first kappa shape index (κ1) is 22.0. The normalized spacial score (nSPS) is 10.6. The van der Waals surface area contributed by atoms with E-state index in [-0.39, 0.29) is 17.5 Å². The summed E-state index contributed by atoms with van der Waals surface area (Å²) >= 11 is 6.32. The van der Waals surface area contributed by atoms with E-state index in [1.807, 2.05) is 30.3 Å². The van der Waals surface area contributed by atoms with Crippen molar-refractivity contribution in [3.05, 3.63) is 99.4 Å². The molecule has 0 bridgehead atoms. The van der Waals surface area contributed by atoms with Crippen LogP contribution in [0.15, 0.2) is 72.2 Å². The number of carbonyl (C=O) groups excluding carboxylic acids is 1. The lowest BCUT2D eigenvalue weighted by atomic mass is 10.1. The Kier molecular flexibility index (Phi) is 6.37. The van der Waals surface area contributed by atoms with Crippen LogP contribution in [-0.4, -0.2) is 28.0 Å². The molecule has 0 saturated carbocycles. The van der Waals surface area contributed by atoms with Crippen LogP contribution in [0.2, 0.25) is 5.02 Å². The number of rotatable bonds is 7. The standard InChI is InChI=1S/C24H20ClN5O3/c1-14(18-10-17-13-27-24(33-2)30-21(17)29-23(18)32)28-20-11-16(8-9-19(20)25)22(31)26-12-15-6-4-3-5-7-15/h3-11,13,28H,1,12H2,2H3,(H,26,31)(H,27,29,30,32). The van der Waals surface area contributed by atoms with Gasteiger partial charge in [-0.15, -0.1) is 0 Å².